The van der Waals surface area contributed by atoms with E-state index in [1.54, 1.807) is 24.2 Å². The summed E-state index contributed by atoms with van der Waals surface area (Å²) in [5.74, 6) is -0.301. The van der Waals surface area contributed by atoms with E-state index in [1.165, 1.54) is 6.20 Å². The second kappa shape index (κ2) is 2.74. The standard InChI is InChI=1S/C9H10FN/c1-4-8-5-11(3)6-9(10)7(8)2/h4-6H,1-2H2,3H3. The van der Waals surface area contributed by atoms with Gasteiger partial charge in [-0.3, -0.25) is 0 Å². The van der Waals surface area contributed by atoms with Crippen molar-refractivity contribution < 1.29 is 4.39 Å². The summed E-state index contributed by atoms with van der Waals surface area (Å²) in [5, 5.41) is 0. The van der Waals surface area contributed by atoms with Crippen LogP contribution in [0, 0.1) is 0 Å². The molecule has 11 heavy (non-hydrogen) atoms. The van der Waals surface area contributed by atoms with Gasteiger partial charge in [0.25, 0.3) is 0 Å². The maximum Gasteiger partial charge on any atom is 0.146 e. The van der Waals surface area contributed by atoms with E-state index in [1.807, 2.05) is 0 Å². The summed E-state index contributed by atoms with van der Waals surface area (Å²) >= 11 is 0. The van der Waals surface area contributed by atoms with Crippen molar-refractivity contribution >= 4 is 0 Å². The van der Waals surface area contributed by atoms with Crippen LogP contribution in [0.25, 0.3) is 0 Å². The highest BCUT2D eigenvalue weighted by atomic mass is 19.1. The van der Waals surface area contributed by atoms with Gasteiger partial charge in [-0.15, -0.1) is 0 Å². The van der Waals surface area contributed by atoms with Gasteiger partial charge in [0.15, 0.2) is 0 Å². The van der Waals surface area contributed by atoms with Crippen LogP contribution in [-0.4, -0.2) is 11.9 Å². The maximum absolute atomic E-state index is 12.9. The molecule has 0 aliphatic carbocycles. The van der Waals surface area contributed by atoms with Crippen LogP contribution in [0.3, 0.4) is 0 Å². The quantitative estimate of drug-likeness (QED) is 0.556. The van der Waals surface area contributed by atoms with Crippen LogP contribution < -0.4 is 0 Å². The van der Waals surface area contributed by atoms with Gasteiger partial charge in [-0.25, -0.2) is 4.39 Å². The Balaban J connectivity index is 2.99. The van der Waals surface area contributed by atoms with Crippen molar-refractivity contribution in [3.63, 3.8) is 0 Å². The van der Waals surface area contributed by atoms with Gasteiger partial charge in [-0.2, -0.15) is 0 Å². The minimum absolute atomic E-state index is 0.301. The highest BCUT2D eigenvalue weighted by Gasteiger charge is 2.10. The van der Waals surface area contributed by atoms with Gasteiger partial charge in [-0.1, -0.05) is 19.2 Å². The van der Waals surface area contributed by atoms with Gasteiger partial charge in [-0.05, 0) is 5.57 Å². The van der Waals surface area contributed by atoms with Gasteiger partial charge in [0, 0.05) is 25.0 Å². The number of hydrogen-bond acceptors (Lipinski definition) is 1. The Hall–Kier alpha value is -1.31. The molecule has 0 aromatic rings. The Kier molecular flexibility index (Phi) is 1.94. The fraction of sp³-hybridized carbons (Fsp3) is 0.111. The first-order valence-corrected chi connectivity index (χ1v) is 3.28. The third-order valence-corrected chi connectivity index (χ3v) is 1.52. The minimum atomic E-state index is -0.301. The van der Waals surface area contributed by atoms with Crippen molar-refractivity contribution in [2.45, 2.75) is 0 Å². The molecule has 0 amide bonds. The fourth-order valence-corrected chi connectivity index (χ4v) is 0.905. The molecule has 0 saturated heterocycles. The number of rotatable bonds is 1. The van der Waals surface area contributed by atoms with Crippen molar-refractivity contribution in [2.24, 2.45) is 0 Å². The summed E-state index contributed by atoms with van der Waals surface area (Å²) in [6.07, 6.45) is 4.75. The first kappa shape index (κ1) is 7.79. The Morgan fingerprint density at radius 2 is 2.18 bits per heavy atom. The first-order valence-electron chi connectivity index (χ1n) is 3.28. The van der Waals surface area contributed by atoms with E-state index in [-0.39, 0.29) is 5.83 Å². The zero-order chi connectivity index (χ0) is 8.43. The number of hydrogen-bond donors (Lipinski definition) is 0. The van der Waals surface area contributed by atoms with Gasteiger partial charge in [0.2, 0.25) is 0 Å². The maximum atomic E-state index is 12.9. The summed E-state index contributed by atoms with van der Waals surface area (Å²) in [5.41, 5.74) is 1.13. The van der Waals surface area contributed by atoms with Crippen LogP contribution >= 0.6 is 0 Å². The van der Waals surface area contributed by atoms with Crippen molar-refractivity contribution in [1.29, 1.82) is 0 Å². The lowest BCUT2D eigenvalue weighted by molar-refractivity contribution is 0.550. The second-order valence-electron chi connectivity index (χ2n) is 2.41. The van der Waals surface area contributed by atoms with Gasteiger partial charge >= 0.3 is 0 Å². The second-order valence-corrected chi connectivity index (χ2v) is 2.41. The smallest absolute Gasteiger partial charge is 0.146 e. The zero-order valence-corrected chi connectivity index (χ0v) is 6.47. The molecule has 0 radical (unpaired) electrons. The Labute approximate surface area is 65.8 Å². The molecule has 0 N–H and O–H groups in total. The monoisotopic (exact) mass is 151 g/mol. The molecule has 1 nitrogen and oxygen atoms in total. The molecule has 0 unspecified atom stereocenters. The van der Waals surface area contributed by atoms with Gasteiger partial charge in [0.1, 0.15) is 5.83 Å². The number of allylic oxidation sites excluding steroid dienone is 4. The summed E-state index contributed by atoms with van der Waals surface area (Å²) in [7, 11) is 1.76. The largest absolute Gasteiger partial charge is 0.354 e. The molecule has 0 fully saturated rings. The highest BCUT2D eigenvalue weighted by Crippen LogP contribution is 2.24. The van der Waals surface area contributed by atoms with Crippen LogP contribution in [0.5, 0.6) is 0 Å². The van der Waals surface area contributed by atoms with E-state index in [0.717, 1.165) is 5.57 Å². The molecule has 0 aromatic heterocycles. The van der Waals surface area contributed by atoms with E-state index in [2.05, 4.69) is 13.2 Å². The fourth-order valence-electron chi connectivity index (χ4n) is 0.905. The Morgan fingerprint density at radius 1 is 1.55 bits per heavy atom. The van der Waals surface area contributed by atoms with Gasteiger partial charge < -0.3 is 4.90 Å². The van der Waals surface area contributed by atoms with E-state index in [4.69, 9.17) is 0 Å². The molecule has 0 atom stereocenters. The molecule has 1 heterocycles. The molecular formula is C9H10FN. The Morgan fingerprint density at radius 3 is 2.73 bits per heavy atom. The van der Waals surface area contributed by atoms with Crippen molar-refractivity contribution in [2.75, 3.05) is 7.05 Å². The molecule has 2 heteroatoms. The number of halogens is 1. The van der Waals surface area contributed by atoms with E-state index in [0.29, 0.717) is 5.57 Å². The third-order valence-electron chi connectivity index (χ3n) is 1.52. The predicted molar refractivity (Wildman–Crippen MR) is 44.4 cm³/mol. The van der Waals surface area contributed by atoms with E-state index in [9.17, 15) is 4.39 Å². The van der Waals surface area contributed by atoms with Crippen molar-refractivity contribution in [3.05, 3.63) is 48.6 Å². The lowest BCUT2D eigenvalue weighted by atomic mass is 10.1. The van der Waals surface area contributed by atoms with Crippen molar-refractivity contribution in [3.8, 4) is 0 Å². The molecule has 1 aliphatic rings. The molecule has 1 aliphatic heterocycles. The van der Waals surface area contributed by atoms with Crippen LogP contribution in [0.15, 0.2) is 48.6 Å². The SMILES string of the molecule is C=CC1=CN(C)C=C(F)C1=C. The molecule has 0 aromatic carbocycles. The number of nitrogens with zero attached hydrogens (tertiary/aromatic N) is 1. The van der Waals surface area contributed by atoms with Crippen LogP contribution in [0.1, 0.15) is 0 Å². The summed E-state index contributed by atoms with van der Waals surface area (Å²) < 4.78 is 12.9. The van der Waals surface area contributed by atoms with Crippen LogP contribution in [0.2, 0.25) is 0 Å². The summed E-state index contributed by atoms with van der Waals surface area (Å²) in [4.78, 5) is 1.64. The molecule has 1 rings (SSSR count). The van der Waals surface area contributed by atoms with E-state index >= 15 is 0 Å². The zero-order valence-electron chi connectivity index (χ0n) is 6.47. The minimum Gasteiger partial charge on any atom is -0.354 e. The Bertz CT molecular complexity index is 261. The highest BCUT2D eigenvalue weighted by molar-refractivity contribution is 5.48. The average Bonchev–Trinajstić information content (AvgIpc) is 1.96. The first-order chi connectivity index (χ1) is 5.15. The molecule has 58 valence electrons. The van der Waals surface area contributed by atoms with Crippen LogP contribution in [0.4, 0.5) is 4.39 Å². The third kappa shape index (κ3) is 1.40. The molecule has 0 spiro atoms. The summed E-state index contributed by atoms with van der Waals surface area (Å²) in [6.45, 7) is 7.13. The normalized spacial score (nSPS) is 17.6. The molecule has 0 saturated carbocycles. The lowest BCUT2D eigenvalue weighted by Gasteiger charge is -2.17. The molecular weight excluding hydrogens is 141 g/mol. The summed E-state index contributed by atoms with van der Waals surface area (Å²) in [6, 6.07) is 0. The van der Waals surface area contributed by atoms with Gasteiger partial charge in [0.05, 0.1) is 0 Å². The lowest BCUT2D eigenvalue weighted by Crippen LogP contribution is -2.08. The average molecular weight is 151 g/mol. The molecule has 0 bridgehead atoms. The van der Waals surface area contributed by atoms with Crippen molar-refractivity contribution in [1.82, 2.24) is 4.90 Å². The van der Waals surface area contributed by atoms with Crippen LogP contribution in [-0.2, 0) is 0 Å². The topological polar surface area (TPSA) is 3.24 Å². The predicted octanol–water partition coefficient (Wildman–Crippen LogP) is 2.37. The van der Waals surface area contributed by atoms with E-state index < -0.39 is 0 Å².